The Morgan fingerprint density at radius 2 is 1.13 bits per heavy atom. The first-order valence-electron chi connectivity index (χ1n) is 7.84. The smallest absolute Gasteiger partial charge is 0.123 e. The predicted octanol–water partition coefficient (Wildman–Crippen LogP) is 5.97. The van der Waals surface area contributed by atoms with E-state index in [1.54, 1.807) is 24.3 Å². The highest BCUT2D eigenvalue weighted by molar-refractivity contribution is 8.49. The molecule has 0 fully saturated rings. The van der Waals surface area contributed by atoms with Crippen molar-refractivity contribution in [3.63, 3.8) is 0 Å². The van der Waals surface area contributed by atoms with Crippen molar-refractivity contribution in [2.24, 2.45) is 0 Å². The van der Waals surface area contributed by atoms with Gasteiger partial charge >= 0.3 is 0 Å². The summed E-state index contributed by atoms with van der Waals surface area (Å²) in [6, 6.07) is 15.8. The molecule has 0 saturated carbocycles. The highest BCUT2D eigenvalue weighted by Crippen LogP contribution is 2.35. The number of halogens is 2. The van der Waals surface area contributed by atoms with E-state index < -0.39 is 14.4 Å². The van der Waals surface area contributed by atoms with Gasteiger partial charge in [-0.25, -0.2) is 19.4 Å². The molecular formula is C18H24F2SSi2. The van der Waals surface area contributed by atoms with Crippen LogP contribution in [-0.4, -0.2) is 14.4 Å². The molecule has 2 aromatic carbocycles. The molecule has 23 heavy (non-hydrogen) atoms. The fourth-order valence-corrected chi connectivity index (χ4v) is 27.8. The summed E-state index contributed by atoms with van der Waals surface area (Å²) < 4.78 is 26.8. The minimum absolute atomic E-state index is 0.159. The van der Waals surface area contributed by atoms with E-state index in [4.69, 9.17) is 0 Å². The Hall–Kier alpha value is -0.916. The van der Waals surface area contributed by atoms with Crippen LogP contribution in [0.4, 0.5) is 8.78 Å². The molecule has 0 amide bonds. The van der Waals surface area contributed by atoms with E-state index in [9.17, 15) is 8.78 Å². The van der Waals surface area contributed by atoms with Crippen molar-refractivity contribution in [3.05, 3.63) is 71.3 Å². The van der Waals surface area contributed by atoms with Gasteiger partial charge in [-0.15, -0.1) is 0 Å². The first-order chi connectivity index (χ1) is 10.7. The van der Waals surface area contributed by atoms with Crippen LogP contribution in [0.15, 0.2) is 48.5 Å². The summed E-state index contributed by atoms with van der Waals surface area (Å²) in [7, 11) is -0.965. The van der Waals surface area contributed by atoms with E-state index in [1.807, 2.05) is 12.1 Å². The van der Waals surface area contributed by atoms with Gasteiger partial charge in [0.1, 0.15) is 26.1 Å². The highest BCUT2D eigenvalue weighted by atomic mass is 32.5. The Morgan fingerprint density at radius 3 is 1.48 bits per heavy atom. The zero-order valence-electron chi connectivity index (χ0n) is 14.2. The molecular weight excluding hydrogens is 342 g/mol. The van der Waals surface area contributed by atoms with E-state index in [-0.39, 0.29) is 11.6 Å². The number of hydrogen-bond donors (Lipinski definition) is 0. The van der Waals surface area contributed by atoms with Crippen molar-refractivity contribution >= 4 is 25.1 Å². The van der Waals surface area contributed by atoms with Gasteiger partial charge < -0.3 is 0 Å². The van der Waals surface area contributed by atoms with Crippen LogP contribution in [0.25, 0.3) is 0 Å². The molecule has 0 saturated heterocycles. The van der Waals surface area contributed by atoms with Crippen LogP contribution >= 0.6 is 10.7 Å². The Bertz CT molecular complexity index is 614. The molecule has 124 valence electrons. The minimum Gasteiger partial charge on any atom is -0.207 e. The molecule has 0 aliphatic rings. The molecule has 0 N–H and O–H groups in total. The fraction of sp³-hybridized carbons (Fsp3) is 0.333. The maximum Gasteiger partial charge on any atom is 0.123 e. The van der Waals surface area contributed by atoms with E-state index in [2.05, 4.69) is 36.8 Å². The molecule has 0 heterocycles. The average molecular weight is 367 g/mol. The SMILES string of the molecule is C[Si](C)(Cc1cccc(F)c1)S[Si](C)(C)Cc1cccc(F)c1. The lowest BCUT2D eigenvalue weighted by molar-refractivity contribution is 0.626. The minimum atomic E-state index is -1.55. The maximum absolute atomic E-state index is 13.4. The number of hydrogen-bond acceptors (Lipinski definition) is 1. The van der Waals surface area contributed by atoms with Crippen molar-refractivity contribution in [2.75, 3.05) is 0 Å². The van der Waals surface area contributed by atoms with Crippen LogP contribution in [0.5, 0.6) is 0 Å². The van der Waals surface area contributed by atoms with Gasteiger partial charge in [0, 0.05) is 0 Å². The van der Waals surface area contributed by atoms with Crippen LogP contribution < -0.4 is 0 Å². The van der Waals surface area contributed by atoms with Crippen LogP contribution in [0, 0.1) is 11.6 Å². The Balaban J connectivity index is 2.05. The molecule has 5 heteroatoms. The molecule has 0 spiro atoms. The van der Waals surface area contributed by atoms with Gasteiger partial charge in [0.05, 0.1) is 0 Å². The Labute approximate surface area is 143 Å². The molecule has 0 bridgehead atoms. The molecule has 0 nitrogen and oxygen atoms in total. The molecule has 2 rings (SSSR count). The summed E-state index contributed by atoms with van der Waals surface area (Å²) >= 11 is 0. The molecule has 0 radical (unpaired) electrons. The quantitative estimate of drug-likeness (QED) is 0.567. The zero-order valence-corrected chi connectivity index (χ0v) is 17.0. The molecule has 0 aromatic heterocycles. The van der Waals surface area contributed by atoms with Gasteiger partial charge in [0.25, 0.3) is 0 Å². The van der Waals surface area contributed by atoms with Gasteiger partial charge in [0.15, 0.2) is 0 Å². The average Bonchev–Trinajstić information content (AvgIpc) is 2.35. The van der Waals surface area contributed by atoms with E-state index >= 15 is 0 Å². The maximum atomic E-state index is 13.4. The Morgan fingerprint density at radius 1 is 0.739 bits per heavy atom. The van der Waals surface area contributed by atoms with E-state index in [0.717, 1.165) is 23.2 Å². The lowest BCUT2D eigenvalue weighted by Crippen LogP contribution is -2.37. The molecule has 0 aliphatic carbocycles. The number of benzene rings is 2. The highest BCUT2D eigenvalue weighted by Gasteiger charge is 2.33. The van der Waals surface area contributed by atoms with Gasteiger partial charge in [-0.2, -0.15) is 0 Å². The third kappa shape index (κ3) is 6.24. The standard InChI is InChI=1S/C18H24F2SSi2/c1-22(2,13-15-7-5-9-17(19)11-15)21-23(3,4)14-16-8-6-10-18(20)12-16/h5-12H,13-14H2,1-4H3. The second kappa shape index (κ2) is 7.32. The molecule has 0 atom stereocenters. The van der Waals surface area contributed by atoms with Gasteiger partial charge in [-0.05, 0) is 47.5 Å². The lowest BCUT2D eigenvalue weighted by Gasteiger charge is -2.32. The van der Waals surface area contributed by atoms with Crippen molar-refractivity contribution < 1.29 is 8.78 Å². The summed E-state index contributed by atoms with van der Waals surface area (Å²) in [6.45, 7) is 9.40. The summed E-state index contributed by atoms with van der Waals surface area (Å²) in [5.74, 6) is -0.317. The van der Waals surface area contributed by atoms with Crippen LogP contribution in [0.2, 0.25) is 26.2 Å². The van der Waals surface area contributed by atoms with Crippen LogP contribution in [0.3, 0.4) is 0 Å². The van der Waals surface area contributed by atoms with Crippen molar-refractivity contribution in [1.82, 2.24) is 0 Å². The van der Waals surface area contributed by atoms with E-state index in [1.165, 1.54) is 12.1 Å². The first-order valence-corrected chi connectivity index (χ1v) is 16.5. The van der Waals surface area contributed by atoms with Crippen LogP contribution in [-0.2, 0) is 12.1 Å². The second-order valence-electron chi connectivity index (χ2n) is 7.23. The lowest BCUT2D eigenvalue weighted by atomic mass is 10.2. The molecule has 0 aliphatic heterocycles. The monoisotopic (exact) mass is 366 g/mol. The second-order valence-corrected chi connectivity index (χ2v) is 24.3. The van der Waals surface area contributed by atoms with Gasteiger partial charge in [-0.3, -0.25) is 0 Å². The summed E-state index contributed by atoms with van der Waals surface area (Å²) in [4.78, 5) is 0. The normalized spacial score (nSPS) is 12.4. The summed E-state index contributed by atoms with van der Waals surface area (Å²) in [6.07, 6.45) is 0. The van der Waals surface area contributed by atoms with Crippen molar-refractivity contribution in [1.29, 1.82) is 0 Å². The summed E-state index contributed by atoms with van der Waals surface area (Å²) in [5.41, 5.74) is 2.18. The fourth-order valence-electron chi connectivity index (χ4n) is 3.10. The van der Waals surface area contributed by atoms with Crippen LogP contribution in [0.1, 0.15) is 11.1 Å². The summed E-state index contributed by atoms with van der Waals surface area (Å²) in [5, 5.41) is 0. The topological polar surface area (TPSA) is 0 Å². The number of rotatable bonds is 6. The third-order valence-electron chi connectivity index (χ3n) is 3.59. The van der Waals surface area contributed by atoms with Gasteiger partial charge in [-0.1, -0.05) is 50.5 Å². The third-order valence-corrected chi connectivity index (χ3v) is 21.3. The van der Waals surface area contributed by atoms with E-state index in [0.29, 0.717) is 0 Å². The van der Waals surface area contributed by atoms with Crippen molar-refractivity contribution in [2.45, 2.75) is 38.3 Å². The molecule has 0 unspecified atom stereocenters. The first kappa shape index (κ1) is 18.4. The van der Waals surface area contributed by atoms with Crippen molar-refractivity contribution in [3.8, 4) is 0 Å². The predicted molar refractivity (Wildman–Crippen MR) is 103 cm³/mol. The largest absolute Gasteiger partial charge is 0.207 e. The van der Waals surface area contributed by atoms with Gasteiger partial charge in [0.2, 0.25) is 0 Å². The Kier molecular flexibility index (Phi) is 5.86. The zero-order chi connectivity index (χ0) is 17.1. The molecule has 2 aromatic rings.